The zero-order chi connectivity index (χ0) is 20.9. The molecule has 3 aromatic carbocycles. The fraction of sp³-hybridized carbons (Fsp3) is 0.0435. The van der Waals surface area contributed by atoms with Crippen molar-refractivity contribution in [2.45, 2.75) is 0 Å². The Morgan fingerprint density at radius 3 is 2.67 bits per heavy atom. The molecule has 148 valence electrons. The summed E-state index contributed by atoms with van der Waals surface area (Å²) < 4.78 is 17.3. The SMILES string of the molecule is N#C/C(=C\c1cc(Br)c2c(c1)OCO2)C(=O)Nc1ccccc1Oc1ccccc1. The third kappa shape index (κ3) is 4.29. The van der Waals surface area contributed by atoms with Crippen molar-refractivity contribution in [3.8, 4) is 29.1 Å². The molecule has 0 saturated heterocycles. The molecular formula is C23H15BrN2O4. The van der Waals surface area contributed by atoms with E-state index < -0.39 is 5.91 Å². The first-order valence-electron chi connectivity index (χ1n) is 8.98. The van der Waals surface area contributed by atoms with Crippen molar-refractivity contribution in [3.63, 3.8) is 0 Å². The summed E-state index contributed by atoms with van der Waals surface area (Å²) in [6.07, 6.45) is 1.49. The third-order valence-corrected chi connectivity index (χ3v) is 4.82. The Morgan fingerprint density at radius 1 is 1.10 bits per heavy atom. The summed E-state index contributed by atoms with van der Waals surface area (Å²) >= 11 is 3.41. The van der Waals surface area contributed by atoms with Crippen LogP contribution in [0, 0.1) is 11.3 Å². The lowest BCUT2D eigenvalue weighted by molar-refractivity contribution is -0.112. The van der Waals surface area contributed by atoms with E-state index in [2.05, 4.69) is 21.2 Å². The number of carbonyl (C=O) groups excluding carboxylic acids is 1. The Kier molecular flexibility index (Phi) is 5.68. The third-order valence-electron chi connectivity index (χ3n) is 4.23. The van der Waals surface area contributed by atoms with E-state index in [0.29, 0.717) is 38.7 Å². The molecular weight excluding hydrogens is 448 g/mol. The van der Waals surface area contributed by atoms with Crippen LogP contribution in [0.2, 0.25) is 0 Å². The van der Waals surface area contributed by atoms with Crippen LogP contribution in [0.1, 0.15) is 5.56 Å². The smallest absolute Gasteiger partial charge is 0.266 e. The molecule has 1 heterocycles. The molecule has 1 aliphatic heterocycles. The van der Waals surface area contributed by atoms with E-state index in [1.54, 1.807) is 36.4 Å². The Labute approximate surface area is 181 Å². The second-order valence-corrected chi connectivity index (χ2v) is 7.13. The molecule has 0 unspecified atom stereocenters. The van der Waals surface area contributed by atoms with Crippen LogP contribution < -0.4 is 19.5 Å². The molecule has 4 rings (SSSR count). The summed E-state index contributed by atoms with van der Waals surface area (Å²) in [5.41, 5.74) is 1.03. The summed E-state index contributed by atoms with van der Waals surface area (Å²) in [6.45, 7) is 0.130. The monoisotopic (exact) mass is 462 g/mol. The van der Waals surface area contributed by atoms with Gasteiger partial charge in [-0.3, -0.25) is 4.79 Å². The van der Waals surface area contributed by atoms with Crippen LogP contribution in [-0.2, 0) is 4.79 Å². The highest BCUT2D eigenvalue weighted by molar-refractivity contribution is 9.10. The number of anilines is 1. The minimum atomic E-state index is -0.546. The standard InChI is InChI=1S/C23H15BrN2O4/c24-18-11-15(12-21-22(18)29-14-28-21)10-16(13-25)23(27)26-19-8-4-5-9-20(19)30-17-6-2-1-3-7-17/h1-12H,14H2,(H,26,27)/b16-10+. The van der Waals surface area contributed by atoms with Crippen molar-refractivity contribution < 1.29 is 19.0 Å². The molecule has 0 aliphatic carbocycles. The fourth-order valence-electron chi connectivity index (χ4n) is 2.85. The minimum absolute atomic E-state index is 0.0599. The highest BCUT2D eigenvalue weighted by atomic mass is 79.9. The van der Waals surface area contributed by atoms with E-state index >= 15 is 0 Å². The van der Waals surface area contributed by atoms with Gasteiger partial charge in [0.1, 0.15) is 17.4 Å². The molecule has 0 aromatic heterocycles. The highest BCUT2D eigenvalue weighted by Gasteiger charge is 2.19. The van der Waals surface area contributed by atoms with E-state index in [1.165, 1.54) is 6.08 Å². The van der Waals surface area contributed by atoms with Crippen molar-refractivity contribution in [3.05, 3.63) is 82.3 Å². The normalized spacial score (nSPS) is 12.2. The van der Waals surface area contributed by atoms with Crippen molar-refractivity contribution in [1.82, 2.24) is 0 Å². The van der Waals surface area contributed by atoms with E-state index in [4.69, 9.17) is 14.2 Å². The van der Waals surface area contributed by atoms with Crippen LogP contribution in [-0.4, -0.2) is 12.7 Å². The number of fused-ring (bicyclic) bond motifs is 1. The van der Waals surface area contributed by atoms with E-state index in [9.17, 15) is 10.1 Å². The maximum Gasteiger partial charge on any atom is 0.266 e. The second-order valence-electron chi connectivity index (χ2n) is 6.27. The second kappa shape index (κ2) is 8.72. The average Bonchev–Trinajstić information content (AvgIpc) is 3.23. The molecule has 1 aliphatic rings. The minimum Gasteiger partial charge on any atom is -0.455 e. The van der Waals surface area contributed by atoms with E-state index in [0.717, 1.165) is 0 Å². The number of hydrogen-bond acceptors (Lipinski definition) is 5. The first-order chi connectivity index (χ1) is 14.6. The molecule has 0 saturated carbocycles. The number of halogens is 1. The lowest BCUT2D eigenvalue weighted by atomic mass is 10.1. The van der Waals surface area contributed by atoms with Crippen LogP contribution >= 0.6 is 15.9 Å². The Hall–Kier alpha value is -3.76. The summed E-state index contributed by atoms with van der Waals surface area (Å²) in [4.78, 5) is 12.7. The molecule has 0 radical (unpaired) electrons. The van der Waals surface area contributed by atoms with Crippen molar-refractivity contribution in [2.75, 3.05) is 12.1 Å². The molecule has 6 nitrogen and oxygen atoms in total. The summed E-state index contributed by atoms with van der Waals surface area (Å²) in [5.74, 6) is 1.72. The van der Waals surface area contributed by atoms with Gasteiger partial charge in [0.05, 0.1) is 10.2 Å². The van der Waals surface area contributed by atoms with Gasteiger partial charge in [-0.2, -0.15) is 5.26 Å². The van der Waals surface area contributed by atoms with E-state index in [1.807, 2.05) is 36.4 Å². The maximum atomic E-state index is 12.7. The van der Waals surface area contributed by atoms with Crippen molar-refractivity contribution in [2.24, 2.45) is 0 Å². The first-order valence-corrected chi connectivity index (χ1v) is 9.77. The number of amides is 1. The lowest BCUT2D eigenvalue weighted by Gasteiger charge is -2.12. The number of rotatable bonds is 5. The van der Waals surface area contributed by atoms with Crippen LogP contribution in [0.4, 0.5) is 5.69 Å². The average molecular weight is 463 g/mol. The van der Waals surface area contributed by atoms with Gasteiger partial charge in [-0.1, -0.05) is 30.3 Å². The van der Waals surface area contributed by atoms with Crippen LogP contribution in [0.25, 0.3) is 6.08 Å². The molecule has 3 aromatic rings. The number of para-hydroxylation sites is 3. The number of nitriles is 1. The summed E-state index contributed by atoms with van der Waals surface area (Å²) in [7, 11) is 0. The van der Waals surface area contributed by atoms with Gasteiger partial charge in [0.15, 0.2) is 17.2 Å². The van der Waals surface area contributed by atoms with Crippen LogP contribution in [0.15, 0.2) is 76.8 Å². The van der Waals surface area contributed by atoms with Gasteiger partial charge in [0.25, 0.3) is 5.91 Å². The number of benzene rings is 3. The summed E-state index contributed by atoms with van der Waals surface area (Å²) in [6, 6.07) is 21.7. The molecule has 0 fully saturated rings. The van der Waals surface area contributed by atoms with Gasteiger partial charge in [-0.25, -0.2) is 0 Å². The quantitative estimate of drug-likeness (QED) is 0.399. The van der Waals surface area contributed by atoms with Crippen LogP contribution in [0.5, 0.6) is 23.0 Å². The largest absolute Gasteiger partial charge is 0.455 e. The van der Waals surface area contributed by atoms with E-state index in [-0.39, 0.29) is 12.4 Å². The van der Waals surface area contributed by atoms with Gasteiger partial charge >= 0.3 is 0 Å². The molecule has 30 heavy (non-hydrogen) atoms. The Balaban J connectivity index is 1.57. The van der Waals surface area contributed by atoms with Gasteiger partial charge in [-0.15, -0.1) is 0 Å². The van der Waals surface area contributed by atoms with Gasteiger partial charge < -0.3 is 19.5 Å². The van der Waals surface area contributed by atoms with Crippen molar-refractivity contribution in [1.29, 1.82) is 5.26 Å². The van der Waals surface area contributed by atoms with Gasteiger partial charge in [0.2, 0.25) is 6.79 Å². The van der Waals surface area contributed by atoms with Gasteiger partial charge in [-0.05, 0) is 64.0 Å². The fourth-order valence-corrected chi connectivity index (χ4v) is 3.42. The lowest BCUT2D eigenvalue weighted by Crippen LogP contribution is -2.14. The molecule has 1 amide bonds. The van der Waals surface area contributed by atoms with Crippen LogP contribution in [0.3, 0.4) is 0 Å². The first kappa shape index (κ1) is 19.6. The summed E-state index contributed by atoms with van der Waals surface area (Å²) in [5, 5.41) is 12.3. The zero-order valence-corrected chi connectivity index (χ0v) is 17.2. The number of carbonyl (C=O) groups is 1. The molecule has 0 atom stereocenters. The predicted octanol–water partition coefficient (Wildman–Crippen LogP) is 5.52. The Morgan fingerprint density at radius 2 is 1.87 bits per heavy atom. The number of hydrogen-bond donors (Lipinski definition) is 1. The number of nitrogens with one attached hydrogen (secondary N) is 1. The topological polar surface area (TPSA) is 80.6 Å². The number of ether oxygens (including phenoxy) is 3. The highest BCUT2D eigenvalue weighted by Crippen LogP contribution is 2.40. The molecule has 0 bridgehead atoms. The number of nitrogens with zero attached hydrogens (tertiary/aromatic N) is 1. The van der Waals surface area contributed by atoms with Gasteiger partial charge in [0, 0.05) is 0 Å². The van der Waals surface area contributed by atoms with Crippen molar-refractivity contribution >= 4 is 33.6 Å². The molecule has 0 spiro atoms. The maximum absolute atomic E-state index is 12.7. The Bertz CT molecular complexity index is 1170. The zero-order valence-electron chi connectivity index (χ0n) is 15.6. The molecule has 7 heteroatoms. The molecule has 1 N–H and O–H groups in total. The predicted molar refractivity (Wildman–Crippen MR) is 115 cm³/mol.